The Morgan fingerprint density at radius 1 is 1.16 bits per heavy atom. The first kappa shape index (κ1) is 16.2. The molecular formula is C16H27NO2. The topological polar surface area (TPSA) is 44.5 Å². The monoisotopic (exact) mass is 265 g/mol. The van der Waals surface area contributed by atoms with Gasteiger partial charge in [0.05, 0.1) is 19.3 Å². The number of aryl methyl sites for hydroxylation is 1. The van der Waals surface area contributed by atoms with Crippen molar-refractivity contribution in [3.8, 4) is 0 Å². The maximum Gasteiger partial charge on any atom is 0.0976 e. The second-order valence-electron chi connectivity index (χ2n) is 4.89. The van der Waals surface area contributed by atoms with Gasteiger partial charge in [-0.3, -0.25) is 0 Å². The van der Waals surface area contributed by atoms with Crippen LogP contribution in [0.15, 0.2) is 24.3 Å². The van der Waals surface area contributed by atoms with Gasteiger partial charge in [-0.05, 0) is 25.3 Å². The lowest BCUT2D eigenvalue weighted by molar-refractivity contribution is -0.00768. The quantitative estimate of drug-likeness (QED) is 0.697. The van der Waals surface area contributed by atoms with Gasteiger partial charge >= 0.3 is 0 Å². The van der Waals surface area contributed by atoms with Crippen molar-refractivity contribution in [1.29, 1.82) is 0 Å². The molecular weight excluding hydrogens is 238 g/mol. The Hall–Kier alpha value is -0.900. The molecule has 0 radical (unpaired) electrons. The van der Waals surface area contributed by atoms with E-state index >= 15 is 0 Å². The standard InChI is InChI=1S/C16H27NO2/c1-4-9-18-10-11-19-16(15(17)5-2)14-8-6-7-13(3)12-14/h6-8,12,15-16H,4-5,9-11,17H2,1-3H3. The molecule has 0 aliphatic carbocycles. The minimum atomic E-state index is -0.0462. The summed E-state index contributed by atoms with van der Waals surface area (Å²) in [6, 6.07) is 8.39. The van der Waals surface area contributed by atoms with Crippen LogP contribution in [0.2, 0.25) is 0 Å². The van der Waals surface area contributed by atoms with Gasteiger partial charge in [-0.2, -0.15) is 0 Å². The van der Waals surface area contributed by atoms with Crippen molar-refractivity contribution in [2.45, 2.75) is 45.8 Å². The van der Waals surface area contributed by atoms with Gasteiger partial charge in [-0.1, -0.05) is 43.7 Å². The molecule has 0 aromatic heterocycles. The number of rotatable bonds is 9. The third kappa shape index (κ3) is 5.72. The first-order valence-corrected chi connectivity index (χ1v) is 7.20. The van der Waals surface area contributed by atoms with E-state index in [2.05, 4.69) is 45.0 Å². The van der Waals surface area contributed by atoms with E-state index in [4.69, 9.17) is 15.2 Å². The predicted octanol–water partition coefficient (Wildman–Crippen LogP) is 3.22. The molecule has 0 heterocycles. The number of ether oxygens (including phenoxy) is 2. The second kappa shape index (κ2) is 9.08. The van der Waals surface area contributed by atoms with Gasteiger partial charge in [-0.15, -0.1) is 0 Å². The number of hydrogen-bond acceptors (Lipinski definition) is 3. The van der Waals surface area contributed by atoms with Gasteiger partial charge in [0, 0.05) is 12.6 Å². The molecule has 2 N–H and O–H groups in total. The van der Waals surface area contributed by atoms with Crippen LogP contribution in [0.4, 0.5) is 0 Å². The summed E-state index contributed by atoms with van der Waals surface area (Å²) in [5, 5.41) is 0. The third-order valence-corrected chi connectivity index (χ3v) is 3.10. The minimum Gasteiger partial charge on any atom is -0.379 e. The molecule has 2 unspecified atom stereocenters. The van der Waals surface area contributed by atoms with Crippen LogP contribution in [0.25, 0.3) is 0 Å². The lowest BCUT2D eigenvalue weighted by Gasteiger charge is -2.24. The molecule has 0 aliphatic heterocycles. The van der Waals surface area contributed by atoms with Gasteiger partial charge in [0.1, 0.15) is 0 Å². The van der Waals surface area contributed by atoms with Gasteiger partial charge in [0.2, 0.25) is 0 Å². The average Bonchev–Trinajstić information content (AvgIpc) is 2.42. The molecule has 3 nitrogen and oxygen atoms in total. The van der Waals surface area contributed by atoms with Crippen LogP contribution in [0, 0.1) is 6.92 Å². The summed E-state index contributed by atoms with van der Waals surface area (Å²) in [6.45, 7) is 8.29. The van der Waals surface area contributed by atoms with Crippen LogP contribution in [0.1, 0.15) is 43.9 Å². The minimum absolute atomic E-state index is 0.0213. The third-order valence-electron chi connectivity index (χ3n) is 3.10. The van der Waals surface area contributed by atoms with E-state index in [1.807, 2.05) is 0 Å². The second-order valence-corrected chi connectivity index (χ2v) is 4.89. The Bertz CT molecular complexity index is 354. The smallest absolute Gasteiger partial charge is 0.0976 e. The van der Waals surface area contributed by atoms with E-state index in [-0.39, 0.29) is 12.1 Å². The summed E-state index contributed by atoms with van der Waals surface area (Å²) in [7, 11) is 0. The van der Waals surface area contributed by atoms with Crippen molar-refractivity contribution in [3.63, 3.8) is 0 Å². The van der Waals surface area contributed by atoms with E-state index in [0.717, 1.165) is 25.0 Å². The highest BCUT2D eigenvalue weighted by molar-refractivity contribution is 5.25. The van der Waals surface area contributed by atoms with Crippen LogP contribution >= 0.6 is 0 Å². The first-order chi connectivity index (χ1) is 9.19. The van der Waals surface area contributed by atoms with E-state index in [1.54, 1.807) is 0 Å². The van der Waals surface area contributed by atoms with E-state index < -0.39 is 0 Å². The van der Waals surface area contributed by atoms with Gasteiger partial charge in [0.15, 0.2) is 0 Å². The van der Waals surface area contributed by atoms with Gasteiger partial charge < -0.3 is 15.2 Å². The molecule has 0 aliphatic rings. The molecule has 1 aromatic carbocycles. The fourth-order valence-corrected chi connectivity index (χ4v) is 2.01. The number of benzene rings is 1. The van der Waals surface area contributed by atoms with Crippen LogP contribution in [0.3, 0.4) is 0 Å². The summed E-state index contributed by atoms with van der Waals surface area (Å²) >= 11 is 0. The van der Waals surface area contributed by atoms with Gasteiger partial charge in [-0.25, -0.2) is 0 Å². The van der Waals surface area contributed by atoms with Gasteiger partial charge in [0.25, 0.3) is 0 Å². The predicted molar refractivity (Wildman–Crippen MR) is 79.2 cm³/mol. The molecule has 19 heavy (non-hydrogen) atoms. The van der Waals surface area contributed by atoms with Crippen molar-refractivity contribution < 1.29 is 9.47 Å². The molecule has 0 saturated carbocycles. The Morgan fingerprint density at radius 3 is 2.58 bits per heavy atom. The Kier molecular flexibility index (Phi) is 7.72. The lowest BCUT2D eigenvalue weighted by atomic mass is 9.99. The molecule has 0 saturated heterocycles. The van der Waals surface area contributed by atoms with Crippen LogP contribution in [-0.2, 0) is 9.47 Å². The maximum atomic E-state index is 6.17. The molecule has 1 rings (SSSR count). The fourth-order valence-electron chi connectivity index (χ4n) is 2.01. The molecule has 0 fully saturated rings. The zero-order valence-electron chi connectivity index (χ0n) is 12.4. The van der Waals surface area contributed by atoms with Crippen LogP contribution in [-0.4, -0.2) is 25.9 Å². The highest BCUT2D eigenvalue weighted by Crippen LogP contribution is 2.22. The zero-order chi connectivity index (χ0) is 14.1. The summed E-state index contributed by atoms with van der Waals surface area (Å²) < 4.78 is 11.4. The van der Waals surface area contributed by atoms with Crippen molar-refractivity contribution >= 4 is 0 Å². The van der Waals surface area contributed by atoms with E-state index in [1.165, 1.54) is 5.56 Å². The molecule has 1 aromatic rings. The average molecular weight is 265 g/mol. The van der Waals surface area contributed by atoms with Crippen molar-refractivity contribution in [1.82, 2.24) is 0 Å². The normalized spacial score (nSPS) is 14.3. The SMILES string of the molecule is CCCOCCOC(c1cccc(C)c1)C(N)CC. The highest BCUT2D eigenvalue weighted by Gasteiger charge is 2.19. The molecule has 0 bridgehead atoms. The highest BCUT2D eigenvalue weighted by atomic mass is 16.5. The van der Waals surface area contributed by atoms with E-state index in [0.29, 0.717) is 13.2 Å². The Balaban J connectivity index is 2.57. The summed E-state index contributed by atoms with van der Waals surface area (Å²) in [5.41, 5.74) is 8.56. The summed E-state index contributed by atoms with van der Waals surface area (Å²) in [4.78, 5) is 0. The molecule has 0 spiro atoms. The van der Waals surface area contributed by atoms with Crippen molar-refractivity contribution in [2.24, 2.45) is 5.73 Å². The number of hydrogen-bond donors (Lipinski definition) is 1. The Labute approximate surface area is 117 Å². The molecule has 0 amide bonds. The lowest BCUT2D eigenvalue weighted by Crippen LogP contribution is -2.30. The zero-order valence-corrected chi connectivity index (χ0v) is 12.4. The molecule has 2 atom stereocenters. The molecule has 3 heteroatoms. The largest absolute Gasteiger partial charge is 0.379 e. The van der Waals surface area contributed by atoms with E-state index in [9.17, 15) is 0 Å². The fraction of sp³-hybridized carbons (Fsp3) is 0.625. The van der Waals surface area contributed by atoms with Crippen molar-refractivity contribution in [2.75, 3.05) is 19.8 Å². The van der Waals surface area contributed by atoms with Crippen LogP contribution in [0.5, 0.6) is 0 Å². The van der Waals surface area contributed by atoms with Crippen molar-refractivity contribution in [3.05, 3.63) is 35.4 Å². The molecule has 108 valence electrons. The van der Waals surface area contributed by atoms with Crippen LogP contribution < -0.4 is 5.73 Å². The summed E-state index contributed by atoms with van der Waals surface area (Å²) in [5.74, 6) is 0. The Morgan fingerprint density at radius 2 is 1.95 bits per heavy atom. The summed E-state index contributed by atoms with van der Waals surface area (Å²) in [6.07, 6.45) is 1.89. The first-order valence-electron chi connectivity index (χ1n) is 7.20. The maximum absolute atomic E-state index is 6.17. The number of nitrogens with two attached hydrogens (primary N) is 1.